The monoisotopic (exact) mass is 180 g/mol. The molecule has 2 N–H and O–H groups in total. The molecule has 0 amide bonds. The van der Waals surface area contributed by atoms with Crippen LogP contribution < -0.4 is 5.73 Å². The van der Waals surface area contributed by atoms with Gasteiger partial charge in [-0.3, -0.25) is 0 Å². The van der Waals surface area contributed by atoms with Gasteiger partial charge >= 0.3 is 0 Å². The number of hydrogen-bond acceptors (Lipinski definition) is 3. The van der Waals surface area contributed by atoms with Crippen LogP contribution in [0.4, 0.5) is 0 Å². The normalized spacial score (nSPS) is 31.9. The van der Waals surface area contributed by atoms with Crippen molar-refractivity contribution in [2.75, 3.05) is 6.54 Å². The lowest BCUT2D eigenvalue weighted by Gasteiger charge is -2.15. The standard InChI is InChI=1S/C9H12N2S/c10-4-3-7-1-2-9-8(5-7)6-11-12-9/h1-2,5-6,8-9H,3-4,10H2. The van der Waals surface area contributed by atoms with Crippen LogP contribution in [-0.2, 0) is 0 Å². The lowest BCUT2D eigenvalue weighted by atomic mass is 9.95. The van der Waals surface area contributed by atoms with E-state index in [1.807, 2.05) is 6.21 Å². The minimum absolute atomic E-state index is 0.515. The first-order valence-electron chi connectivity index (χ1n) is 4.18. The third-order valence-electron chi connectivity index (χ3n) is 2.13. The second-order valence-electron chi connectivity index (χ2n) is 3.04. The van der Waals surface area contributed by atoms with Crippen molar-refractivity contribution in [1.29, 1.82) is 0 Å². The third-order valence-corrected chi connectivity index (χ3v) is 3.09. The van der Waals surface area contributed by atoms with Gasteiger partial charge < -0.3 is 5.73 Å². The number of nitrogens with two attached hydrogens (primary N) is 1. The largest absolute Gasteiger partial charge is 0.330 e. The van der Waals surface area contributed by atoms with E-state index in [2.05, 4.69) is 22.6 Å². The van der Waals surface area contributed by atoms with Crippen molar-refractivity contribution in [3.8, 4) is 0 Å². The van der Waals surface area contributed by atoms with E-state index in [1.54, 1.807) is 11.9 Å². The van der Waals surface area contributed by atoms with Crippen molar-refractivity contribution in [1.82, 2.24) is 0 Å². The first-order chi connectivity index (χ1) is 5.90. The Bertz CT molecular complexity index is 255. The number of nitrogens with zero attached hydrogens (tertiary/aromatic N) is 1. The van der Waals surface area contributed by atoms with Crippen molar-refractivity contribution in [2.24, 2.45) is 16.0 Å². The topological polar surface area (TPSA) is 38.4 Å². The number of fused-ring (bicyclic) bond motifs is 1. The van der Waals surface area contributed by atoms with E-state index in [1.165, 1.54) is 5.57 Å². The molecule has 2 nitrogen and oxygen atoms in total. The van der Waals surface area contributed by atoms with E-state index in [0.29, 0.717) is 11.2 Å². The molecule has 64 valence electrons. The van der Waals surface area contributed by atoms with E-state index in [0.717, 1.165) is 13.0 Å². The Kier molecular flexibility index (Phi) is 2.33. The Labute approximate surface area is 76.8 Å². The van der Waals surface area contributed by atoms with Crippen LogP contribution in [0.15, 0.2) is 28.2 Å². The summed E-state index contributed by atoms with van der Waals surface area (Å²) in [6.07, 6.45) is 9.69. The van der Waals surface area contributed by atoms with E-state index in [9.17, 15) is 0 Å². The Morgan fingerprint density at radius 2 is 2.50 bits per heavy atom. The van der Waals surface area contributed by atoms with Gasteiger partial charge in [0.05, 0.1) is 5.25 Å². The van der Waals surface area contributed by atoms with Crippen LogP contribution in [0.2, 0.25) is 0 Å². The summed E-state index contributed by atoms with van der Waals surface area (Å²) in [4.78, 5) is 0. The average molecular weight is 180 g/mol. The maximum atomic E-state index is 5.48. The Balaban J connectivity index is 2.09. The number of rotatable bonds is 2. The predicted octanol–water partition coefficient (Wildman–Crippen LogP) is 1.55. The summed E-state index contributed by atoms with van der Waals surface area (Å²) in [6.45, 7) is 0.734. The highest BCUT2D eigenvalue weighted by atomic mass is 32.2. The molecule has 2 rings (SSSR count). The van der Waals surface area contributed by atoms with Gasteiger partial charge in [0.25, 0.3) is 0 Å². The Morgan fingerprint density at radius 3 is 3.33 bits per heavy atom. The average Bonchev–Trinajstić information content (AvgIpc) is 2.51. The molecule has 0 radical (unpaired) electrons. The molecule has 2 atom stereocenters. The highest BCUT2D eigenvalue weighted by Gasteiger charge is 2.23. The molecule has 0 fully saturated rings. The molecule has 0 aromatic carbocycles. The maximum Gasteiger partial charge on any atom is 0.0562 e. The highest BCUT2D eigenvalue weighted by molar-refractivity contribution is 7.99. The van der Waals surface area contributed by atoms with Crippen LogP contribution in [0.1, 0.15) is 6.42 Å². The molecular weight excluding hydrogens is 168 g/mol. The summed E-state index contributed by atoms with van der Waals surface area (Å²) in [7, 11) is 0. The van der Waals surface area contributed by atoms with Crippen molar-refractivity contribution in [2.45, 2.75) is 11.7 Å². The lowest BCUT2D eigenvalue weighted by Crippen LogP contribution is -2.14. The zero-order valence-electron chi connectivity index (χ0n) is 6.81. The molecule has 12 heavy (non-hydrogen) atoms. The predicted molar refractivity (Wildman–Crippen MR) is 54.3 cm³/mol. The zero-order valence-corrected chi connectivity index (χ0v) is 7.63. The van der Waals surface area contributed by atoms with E-state index in [-0.39, 0.29) is 0 Å². The fraction of sp³-hybridized carbons (Fsp3) is 0.444. The summed E-state index contributed by atoms with van der Waals surface area (Å²) >= 11 is 1.65. The van der Waals surface area contributed by atoms with Crippen molar-refractivity contribution in [3.05, 3.63) is 23.8 Å². The Morgan fingerprint density at radius 1 is 1.58 bits per heavy atom. The lowest BCUT2D eigenvalue weighted by molar-refractivity contribution is 0.874. The Hall–Kier alpha value is -0.540. The van der Waals surface area contributed by atoms with Gasteiger partial charge in [0.1, 0.15) is 0 Å². The molecule has 2 aliphatic rings. The van der Waals surface area contributed by atoms with Crippen molar-refractivity contribution >= 4 is 18.2 Å². The molecule has 2 unspecified atom stereocenters. The van der Waals surface area contributed by atoms with Crippen LogP contribution in [0.5, 0.6) is 0 Å². The second kappa shape index (κ2) is 3.46. The van der Waals surface area contributed by atoms with Crippen LogP contribution in [-0.4, -0.2) is 18.0 Å². The molecule has 1 aliphatic heterocycles. The summed E-state index contributed by atoms with van der Waals surface area (Å²) in [6, 6.07) is 0. The van der Waals surface area contributed by atoms with Crippen LogP contribution in [0.25, 0.3) is 0 Å². The van der Waals surface area contributed by atoms with E-state index >= 15 is 0 Å². The third kappa shape index (κ3) is 1.47. The maximum absolute atomic E-state index is 5.48. The molecular formula is C9H12N2S. The van der Waals surface area contributed by atoms with E-state index < -0.39 is 0 Å². The van der Waals surface area contributed by atoms with Gasteiger partial charge in [-0.1, -0.05) is 23.8 Å². The SMILES string of the molecule is NCCC1=CC2C=NSC2C=C1. The number of allylic oxidation sites excluding steroid dienone is 2. The first-order valence-corrected chi connectivity index (χ1v) is 5.02. The van der Waals surface area contributed by atoms with Gasteiger partial charge in [0, 0.05) is 12.1 Å². The van der Waals surface area contributed by atoms with Gasteiger partial charge in [0.2, 0.25) is 0 Å². The molecule has 0 saturated carbocycles. The van der Waals surface area contributed by atoms with E-state index in [4.69, 9.17) is 5.73 Å². The van der Waals surface area contributed by atoms with Crippen molar-refractivity contribution < 1.29 is 0 Å². The van der Waals surface area contributed by atoms with Crippen LogP contribution in [0.3, 0.4) is 0 Å². The quantitative estimate of drug-likeness (QED) is 0.655. The molecule has 0 aromatic rings. The summed E-state index contributed by atoms with van der Waals surface area (Å²) in [5, 5.41) is 0.548. The minimum atomic E-state index is 0.515. The molecule has 3 heteroatoms. The van der Waals surface area contributed by atoms with Gasteiger partial charge in [-0.25, -0.2) is 4.40 Å². The van der Waals surface area contributed by atoms with Gasteiger partial charge in [-0.05, 0) is 24.9 Å². The summed E-state index contributed by atoms with van der Waals surface area (Å²) < 4.78 is 4.19. The van der Waals surface area contributed by atoms with Crippen LogP contribution in [0, 0.1) is 5.92 Å². The summed E-state index contributed by atoms with van der Waals surface area (Å²) in [5.74, 6) is 0.515. The van der Waals surface area contributed by atoms with Crippen molar-refractivity contribution in [3.63, 3.8) is 0 Å². The molecule has 0 bridgehead atoms. The molecule has 0 saturated heterocycles. The first kappa shape index (κ1) is 8.08. The zero-order chi connectivity index (χ0) is 8.39. The second-order valence-corrected chi connectivity index (χ2v) is 4.01. The van der Waals surface area contributed by atoms with Gasteiger partial charge in [0.15, 0.2) is 0 Å². The van der Waals surface area contributed by atoms with Crippen LogP contribution >= 0.6 is 11.9 Å². The summed E-state index contributed by atoms with van der Waals surface area (Å²) in [5.41, 5.74) is 6.84. The van der Waals surface area contributed by atoms with Gasteiger partial charge in [-0.15, -0.1) is 0 Å². The molecule has 1 heterocycles. The fourth-order valence-corrected chi connectivity index (χ4v) is 2.28. The number of hydrogen-bond donors (Lipinski definition) is 1. The minimum Gasteiger partial charge on any atom is -0.330 e. The fourth-order valence-electron chi connectivity index (χ4n) is 1.49. The van der Waals surface area contributed by atoms with Gasteiger partial charge in [-0.2, -0.15) is 0 Å². The molecule has 0 spiro atoms. The smallest absolute Gasteiger partial charge is 0.0562 e. The highest BCUT2D eigenvalue weighted by Crippen LogP contribution is 2.32. The molecule has 1 aliphatic carbocycles. The molecule has 0 aromatic heterocycles.